The van der Waals surface area contributed by atoms with Crippen LogP contribution in [0.1, 0.15) is 12.8 Å². The third kappa shape index (κ3) is 4.18. The van der Waals surface area contributed by atoms with E-state index in [1.54, 1.807) is 0 Å². The monoisotopic (exact) mass is 307 g/mol. The second kappa shape index (κ2) is 6.39. The second-order valence-electron chi connectivity index (χ2n) is 3.37. The summed E-state index contributed by atoms with van der Waals surface area (Å²) in [4.78, 5) is 0. The molecule has 1 aromatic rings. The van der Waals surface area contributed by atoms with Crippen LogP contribution in [0, 0.1) is 11.6 Å². The van der Waals surface area contributed by atoms with Gasteiger partial charge in [0.15, 0.2) is 0 Å². The Morgan fingerprint density at radius 2 is 2.12 bits per heavy atom. The predicted molar refractivity (Wildman–Crippen MR) is 65.2 cm³/mol. The van der Waals surface area contributed by atoms with E-state index in [0.717, 1.165) is 12.1 Å². The average Bonchev–Trinajstić information content (AvgIpc) is 2.30. The van der Waals surface area contributed by atoms with E-state index in [1.807, 2.05) is 0 Å². The summed E-state index contributed by atoms with van der Waals surface area (Å²) in [5, 5.41) is 13.8. The lowest BCUT2D eigenvalue weighted by Gasteiger charge is -2.08. The van der Waals surface area contributed by atoms with Crippen molar-refractivity contribution in [3.63, 3.8) is 0 Å². The molecule has 0 aliphatic heterocycles. The Labute approximate surface area is 106 Å². The van der Waals surface area contributed by atoms with Gasteiger partial charge < -0.3 is 16.3 Å². The van der Waals surface area contributed by atoms with Gasteiger partial charge in [-0.3, -0.25) is 0 Å². The number of nitrogens with zero attached hydrogens (tertiary/aromatic N) is 1. The first kappa shape index (κ1) is 13.7. The molecule has 17 heavy (non-hydrogen) atoms. The van der Waals surface area contributed by atoms with Crippen molar-refractivity contribution in [2.75, 3.05) is 11.9 Å². The van der Waals surface area contributed by atoms with Crippen LogP contribution >= 0.6 is 15.9 Å². The summed E-state index contributed by atoms with van der Waals surface area (Å²) in [6.07, 6.45) is 0.928. The quantitative estimate of drug-likeness (QED) is 0.196. The molecule has 0 radical (unpaired) electrons. The Morgan fingerprint density at radius 3 is 2.76 bits per heavy atom. The Kier molecular flexibility index (Phi) is 5.14. The molecule has 94 valence electrons. The SMILES string of the molecule is N/C(CCCNc1cc(F)c(Br)cc1F)=N/O. The maximum Gasteiger partial charge on any atom is 0.147 e. The first-order valence-electron chi connectivity index (χ1n) is 4.89. The van der Waals surface area contributed by atoms with Gasteiger partial charge in [-0.25, -0.2) is 8.78 Å². The van der Waals surface area contributed by atoms with Crippen molar-refractivity contribution in [2.24, 2.45) is 10.9 Å². The normalized spacial score (nSPS) is 11.6. The van der Waals surface area contributed by atoms with Crippen LogP contribution in [0.2, 0.25) is 0 Å². The maximum absolute atomic E-state index is 13.3. The van der Waals surface area contributed by atoms with Crippen molar-refractivity contribution in [2.45, 2.75) is 12.8 Å². The van der Waals surface area contributed by atoms with Gasteiger partial charge in [-0.1, -0.05) is 5.16 Å². The molecular formula is C10H12BrF2N3O. The molecule has 4 N–H and O–H groups in total. The molecule has 0 saturated carbocycles. The molecule has 0 spiro atoms. The highest BCUT2D eigenvalue weighted by atomic mass is 79.9. The van der Waals surface area contributed by atoms with Gasteiger partial charge in [0.1, 0.15) is 17.5 Å². The molecule has 0 aromatic heterocycles. The zero-order chi connectivity index (χ0) is 12.8. The van der Waals surface area contributed by atoms with Crippen LogP contribution < -0.4 is 11.1 Å². The standard InChI is InChI=1S/C10H12BrF2N3O/c11-6-4-8(13)9(5-7(6)12)15-3-1-2-10(14)16-17/h4-5,15,17H,1-3H2,(H2,14,16). The number of amidine groups is 1. The number of rotatable bonds is 5. The topological polar surface area (TPSA) is 70.6 Å². The minimum Gasteiger partial charge on any atom is -0.409 e. The molecule has 0 heterocycles. The number of hydrogen-bond acceptors (Lipinski definition) is 3. The minimum atomic E-state index is -0.540. The van der Waals surface area contributed by atoms with Crippen LogP contribution in [0.4, 0.5) is 14.5 Å². The molecule has 0 saturated heterocycles. The first-order valence-corrected chi connectivity index (χ1v) is 5.68. The van der Waals surface area contributed by atoms with E-state index < -0.39 is 11.6 Å². The van der Waals surface area contributed by atoms with Gasteiger partial charge >= 0.3 is 0 Å². The van der Waals surface area contributed by atoms with E-state index in [0.29, 0.717) is 19.4 Å². The number of halogens is 3. The fourth-order valence-corrected chi connectivity index (χ4v) is 1.52. The molecular weight excluding hydrogens is 296 g/mol. The van der Waals surface area contributed by atoms with E-state index >= 15 is 0 Å². The number of hydrogen-bond donors (Lipinski definition) is 3. The average molecular weight is 308 g/mol. The number of nitrogens with two attached hydrogens (primary N) is 1. The van der Waals surface area contributed by atoms with E-state index in [1.165, 1.54) is 0 Å². The second-order valence-corrected chi connectivity index (χ2v) is 4.22. The third-order valence-electron chi connectivity index (χ3n) is 2.06. The van der Waals surface area contributed by atoms with Crippen LogP contribution in [-0.4, -0.2) is 17.6 Å². The molecule has 0 aliphatic carbocycles. The first-order chi connectivity index (χ1) is 8.04. The Hall–Kier alpha value is -1.37. The van der Waals surface area contributed by atoms with Crippen molar-refractivity contribution >= 4 is 27.5 Å². The van der Waals surface area contributed by atoms with E-state index in [9.17, 15) is 8.78 Å². The van der Waals surface area contributed by atoms with Gasteiger partial charge in [0.25, 0.3) is 0 Å². The molecule has 4 nitrogen and oxygen atoms in total. The minimum absolute atomic E-state index is 0.0807. The highest BCUT2D eigenvalue weighted by molar-refractivity contribution is 9.10. The van der Waals surface area contributed by atoms with Crippen LogP contribution in [-0.2, 0) is 0 Å². The lowest BCUT2D eigenvalue weighted by molar-refractivity contribution is 0.316. The number of anilines is 1. The highest BCUT2D eigenvalue weighted by Crippen LogP contribution is 2.23. The van der Waals surface area contributed by atoms with Crippen molar-refractivity contribution in [1.29, 1.82) is 0 Å². The lowest BCUT2D eigenvalue weighted by Crippen LogP contribution is -2.13. The summed E-state index contributed by atoms with van der Waals surface area (Å²) in [5.74, 6) is -0.971. The largest absolute Gasteiger partial charge is 0.409 e. The third-order valence-corrected chi connectivity index (χ3v) is 2.67. The Bertz CT molecular complexity index is 426. The summed E-state index contributed by atoms with van der Waals surface area (Å²) in [5.41, 5.74) is 5.35. The van der Waals surface area contributed by atoms with Crippen molar-refractivity contribution < 1.29 is 14.0 Å². The fraction of sp³-hybridized carbons (Fsp3) is 0.300. The number of oxime groups is 1. The van der Waals surface area contributed by atoms with Gasteiger partial charge in [0, 0.05) is 19.0 Å². The van der Waals surface area contributed by atoms with Crippen molar-refractivity contribution in [3.05, 3.63) is 28.2 Å². The summed E-state index contributed by atoms with van der Waals surface area (Å²) < 4.78 is 26.5. The van der Waals surface area contributed by atoms with Gasteiger partial charge in [-0.15, -0.1) is 0 Å². The van der Waals surface area contributed by atoms with Crippen molar-refractivity contribution in [3.8, 4) is 0 Å². The van der Waals surface area contributed by atoms with Crippen LogP contribution in [0.15, 0.2) is 21.8 Å². The lowest BCUT2D eigenvalue weighted by atomic mass is 10.2. The van der Waals surface area contributed by atoms with Crippen LogP contribution in [0.5, 0.6) is 0 Å². The zero-order valence-electron chi connectivity index (χ0n) is 8.88. The van der Waals surface area contributed by atoms with Crippen LogP contribution in [0.25, 0.3) is 0 Å². The zero-order valence-corrected chi connectivity index (χ0v) is 10.5. The summed E-state index contributed by atoms with van der Waals surface area (Å²) >= 11 is 2.89. The maximum atomic E-state index is 13.3. The molecule has 1 aromatic carbocycles. The number of benzene rings is 1. The van der Waals surface area contributed by atoms with Crippen molar-refractivity contribution in [1.82, 2.24) is 0 Å². The smallest absolute Gasteiger partial charge is 0.147 e. The molecule has 1 rings (SSSR count). The van der Waals surface area contributed by atoms with Crippen LogP contribution in [0.3, 0.4) is 0 Å². The molecule has 0 aliphatic rings. The van der Waals surface area contributed by atoms with Gasteiger partial charge in [0.2, 0.25) is 0 Å². The Morgan fingerprint density at radius 1 is 1.41 bits per heavy atom. The molecule has 0 unspecified atom stereocenters. The molecule has 0 fully saturated rings. The Balaban J connectivity index is 2.50. The summed E-state index contributed by atoms with van der Waals surface area (Å²) in [6.45, 7) is 0.397. The number of nitrogens with one attached hydrogen (secondary N) is 1. The van der Waals surface area contributed by atoms with Gasteiger partial charge in [-0.05, 0) is 28.4 Å². The summed E-state index contributed by atoms with van der Waals surface area (Å²) in [6, 6.07) is 2.13. The van der Waals surface area contributed by atoms with E-state index in [2.05, 4.69) is 26.4 Å². The fourth-order valence-electron chi connectivity index (χ4n) is 1.20. The molecule has 0 bridgehead atoms. The van der Waals surface area contributed by atoms with E-state index in [-0.39, 0.29) is 16.0 Å². The van der Waals surface area contributed by atoms with Gasteiger partial charge in [0.05, 0.1) is 10.2 Å². The molecule has 0 atom stereocenters. The summed E-state index contributed by atoms with van der Waals surface area (Å²) in [7, 11) is 0. The predicted octanol–water partition coefficient (Wildman–Crippen LogP) is 2.67. The highest BCUT2D eigenvalue weighted by Gasteiger charge is 2.07. The van der Waals surface area contributed by atoms with Gasteiger partial charge in [-0.2, -0.15) is 0 Å². The molecule has 0 amide bonds. The van der Waals surface area contributed by atoms with E-state index in [4.69, 9.17) is 10.9 Å². The molecule has 7 heteroatoms.